The van der Waals surface area contributed by atoms with Crippen LogP contribution in [-0.4, -0.2) is 30.0 Å². The summed E-state index contributed by atoms with van der Waals surface area (Å²) >= 11 is 0. The van der Waals surface area contributed by atoms with Crippen molar-refractivity contribution in [1.82, 2.24) is 4.90 Å². The Kier molecular flexibility index (Phi) is 5.23. The number of nitrogens with zero attached hydrogens (tertiary/aromatic N) is 1. The van der Waals surface area contributed by atoms with Crippen LogP contribution in [-0.2, 0) is 11.3 Å². The Morgan fingerprint density at radius 3 is 2.67 bits per heavy atom. The highest BCUT2D eigenvalue weighted by atomic mass is 16.5. The number of hydrogen-bond donors (Lipinski definition) is 1. The van der Waals surface area contributed by atoms with Crippen LogP contribution >= 0.6 is 0 Å². The minimum atomic E-state index is -0.412. The zero-order valence-corrected chi connectivity index (χ0v) is 13.2. The molecule has 0 heterocycles. The van der Waals surface area contributed by atoms with Crippen molar-refractivity contribution in [3.63, 3.8) is 0 Å². The summed E-state index contributed by atoms with van der Waals surface area (Å²) < 4.78 is 5.39. The second kappa shape index (κ2) is 6.94. The number of amides is 1. The van der Waals surface area contributed by atoms with Crippen molar-refractivity contribution in [2.75, 3.05) is 7.11 Å². The van der Waals surface area contributed by atoms with E-state index in [0.717, 1.165) is 30.6 Å². The predicted octanol–water partition coefficient (Wildman–Crippen LogP) is 2.56. The standard InChI is InChI=1S/C17H26N2O2/c1-4-12(2)16(18)17(20)19(14-9-10-14)11-13-7-5-6-8-15(13)21-3/h5-8,12,14,16H,4,9-11,18H2,1-3H3/t12-,16-/m0/s1. The first kappa shape index (κ1) is 15.8. The van der Waals surface area contributed by atoms with Gasteiger partial charge in [0.15, 0.2) is 0 Å². The molecule has 1 aromatic rings. The molecule has 0 unspecified atom stereocenters. The summed E-state index contributed by atoms with van der Waals surface area (Å²) in [4.78, 5) is 14.6. The van der Waals surface area contributed by atoms with Gasteiger partial charge in [-0.2, -0.15) is 0 Å². The highest BCUT2D eigenvalue weighted by molar-refractivity contribution is 5.82. The molecule has 0 saturated heterocycles. The summed E-state index contributed by atoms with van der Waals surface area (Å²) in [5.41, 5.74) is 7.18. The second-order valence-corrected chi connectivity index (χ2v) is 5.92. The van der Waals surface area contributed by atoms with Crippen molar-refractivity contribution in [2.45, 2.75) is 51.7 Å². The van der Waals surface area contributed by atoms with Gasteiger partial charge in [-0.3, -0.25) is 4.79 Å². The largest absolute Gasteiger partial charge is 0.496 e. The zero-order chi connectivity index (χ0) is 15.4. The number of para-hydroxylation sites is 1. The molecule has 4 heteroatoms. The van der Waals surface area contributed by atoms with Crippen LogP contribution in [0.2, 0.25) is 0 Å². The van der Waals surface area contributed by atoms with Gasteiger partial charge in [-0.05, 0) is 24.8 Å². The van der Waals surface area contributed by atoms with E-state index < -0.39 is 6.04 Å². The fourth-order valence-corrected chi connectivity index (χ4v) is 2.48. The van der Waals surface area contributed by atoms with Crippen molar-refractivity contribution >= 4 is 5.91 Å². The molecule has 1 fully saturated rings. The Labute approximate surface area is 127 Å². The second-order valence-electron chi connectivity index (χ2n) is 5.92. The van der Waals surface area contributed by atoms with Gasteiger partial charge in [0, 0.05) is 18.2 Å². The fourth-order valence-electron chi connectivity index (χ4n) is 2.48. The van der Waals surface area contributed by atoms with Crippen LogP contribution in [0, 0.1) is 5.92 Å². The monoisotopic (exact) mass is 290 g/mol. The molecule has 1 saturated carbocycles. The highest BCUT2D eigenvalue weighted by Gasteiger charge is 2.36. The number of benzene rings is 1. The first-order chi connectivity index (χ1) is 10.1. The molecule has 0 bridgehead atoms. The Morgan fingerprint density at radius 2 is 2.10 bits per heavy atom. The lowest BCUT2D eigenvalue weighted by atomic mass is 9.98. The Bertz CT molecular complexity index is 485. The van der Waals surface area contributed by atoms with Crippen LogP contribution < -0.4 is 10.5 Å². The van der Waals surface area contributed by atoms with Gasteiger partial charge in [-0.1, -0.05) is 38.5 Å². The maximum absolute atomic E-state index is 12.7. The topological polar surface area (TPSA) is 55.6 Å². The lowest BCUT2D eigenvalue weighted by molar-refractivity contribution is -0.135. The number of methoxy groups -OCH3 is 1. The van der Waals surface area contributed by atoms with Crippen LogP contribution in [0.4, 0.5) is 0 Å². The molecule has 0 radical (unpaired) electrons. The number of nitrogens with two attached hydrogens (primary N) is 1. The number of carbonyl (C=O) groups excluding carboxylic acids is 1. The summed E-state index contributed by atoms with van der Waals surface area (Å²) in [7, 11) is 1.66. The maximum Gasteiger partial charge on any atom is 0.240 e. The SMILES string of the molecule is CC[C@H](C)[C@H](N)C(=O)N(Cc1ccccc1OC)C1CC1. The molecule has 0 spiro atoms. The number of rotatable bonds is 7. The van der Waals surface area contributed by atoms with Crippen molar-refractivity contribution in [3.05, 3.63) is 29.8 Å². The molecule has 2 rings (SSSR count). The highest BCUT2D eigenvalue weighted by Crippen LogP contribution is 2.31. The third-order valence-corrected chi connectivity index (χ3v) is 4.35. The van der Waals surface area contributed by atoms with E-state index in [2.05, 4.69) is 6.92 Å². The molecular weight excluding hydrogens is 264 g/mol. The molecule has 1 aliphatic rings. The molecule has 116 valence electrons. The van der Waals surface area contributed by atoms with Crippen molar-refractivity contribution < 1.29 is 9.53 Å². The third kappa shape index (κ3) is 3.76. The fraction of sp³-hybridized carbons (Fsp3) is 0.588. The number of hydrogen-bond acceptors (Lipinski definition) is 3. The Morgan fingerprint density at radius 1 is 1.43 bits per heavy atom. The molecule has 21 heavy (non-hydrogen) atoms. The van der Waals surface area contributed by atoms with Gasteiger partial charge in [0.1, 0.15) is 5.75 Å². The molecule has 1 aliphatic carbocycles. The van der Waals surface area contributed by atoms with Gasteiger partial charge in [0.05, 0.1) is 13.2 Å². The van der Waals surface area contributed by atoms with Gasteiger partial charge in [0.25, 0.3) is 0 Å². The zero-order valence-electron chi connectivity index (χ0n) is 13.2. The van der Waals surface area contributed by atoms with Crippen LogP contribution in [0.15, 0.2) is 24.3 Å². The van der Waals surface area contributed by atoms with Gasteiger partial charge >= 0.3 is 0 Å². The average molecular weight is 290 g/mol. The van der Waals surface area contributed by atoms with Crippen molar-refractivity contribution in [1.29, 1.82) is 0 Å². The first-order valence-corrected chi connectivity index (χ1v) is 7.76. The average Bonchev–Trinajstić information content (AvgIpc) is 3.35. The summed E-state index contributed by atoms with van der Waals surface area (Å²) in [5, 5.41) is 0. The molecule has 2 N–H and O–H groups in total. The van der Waals surface area contributed by atoms with Crippen molar-refractivity contribution in [2.24, 2.45) is 11.7 Å². The summed E-state index contributed by atoms with van der Waals surface area (Å²) in [6.07, 6.45) is 3.07. The molecule has 4 nitrogen and oxygen atoms in total. The molecular formula is C17H26N2O2. The van der Waals surface area contributed by atoms with E-state index in [4.69, 9.17) is 10.5 Å². The van der Waals surface area contributed by atoms with E-state index in [1.807, 2.05) is 36.1 Å². The summed E-state index contributed by atoms with van der Waals surface area (Å²) in [6, 6.07) is 7.79. The quantitative estimate of drug-likeness (QED) is 0.839. The van der Waals surface area contributed by atoms with Crippen LogP contribution in [0.1, 0.15) is 38.7 Å². The minimum absolute atomic E-state index is 0.0674. The van der Waals surface area contributed by atoms with Gasteiger partial charge in [-0.15, -0.1) is 0 Å². The first-order valence-electron chi connectivity index (χ1n) is 7.76. The van der Waals surface area contributed by atoms with E-state index in [0.29, 0.717) is 12.6 Å². The third-order valence-electron chi connectivity index (χ3n) is 4.35. The number of ether oxygens (including phenoxy) is 1. The molecule has 0 aromatic heterocycles. The lowest BCUT2D eigenvalue weighted by Gasteiger charge is -2.28. The normalized spacial score (nSPS) is 17.1. The van der Waals surface area contributed by atoms with Gasteiger partial charge in [0.2, 0.25) is 5.91 Å². The van der Waals surface area contributed by atoms with Crippen molar-refractivity contribution in [3.8, 4) is 5.75 Å². The summed E-state index contributed by atoms with van der Waals surface area (Å²) in [6.45, 7) is 4.69. The summed E-state index contributed by atoms with van der Waals surface area (Å²) in [5.74, 6) is 1.10. The minimum Gasteiger partial charge on any atom is -0.496 e. The Hall–Kier alpha value is -1.55. The molecule has 1 aromatic carbocycles. The van der Waals surface area contributed by atoms with E-state index in [-0.39, 0.29) is 11.8 Å². The van der Waals surface area contributed by atoms with Crippen LogP contribution in [0.5, 0.6) is 5.75 Å². The van der Waals surface area contributed by atoms with E-state index in [9.17, 15) is 4.79 Å². The van der Waals surface area contributed by atoms with Gasteiger partial charge < -0.3 is 15.4 Å². The maximum atomic E-state index is 12.7. The van der Waals surface area contributed by atoms with E-state index >= 15 is 0 Å². The lowest BCUT2D eigenvalue weighted by Crippen LogP contribution is -2.47. The molecule has 1 amide bonds. The van der Waals surface area contributed by atoms with Crippen LogP contribution in [0.3, 0.4) is 0 Å². The number of carbonyl (C=O) groups is 1. The van der Waals surface area contributed by atoms with Crippen LogP contribution in [0.25, 0.3) is 0 Å². The molecule has 0 aliphatic heterocycles. The van der Waals surface area contributed by atoms with E-state index in [1.165, 1.54) is 0 Å². The Balaban J connectivity index is 2.14. The van der Waals surface area contributed by atoms with E-state index in [1.54, 1.807) is 7.11 Å². The molecule has 2 atom stereocenters. The predicted molar refractivity (Wildman–Crippen MR) is 84.0 cm³/mol. The smallest absolute Gasteiger partial charge is 0.240 e. The van der Waals surface area contributed by atoms with Gasteiger partial charge in [-0.25, -0.2) is 0 Å².